The zero-order chi connectivity index (χ0) is 16.9. The standard InChI is InChI=1S/C17H22N4O2S/c1-12-17(13(2)19-18-12)24(22,23)21-10-7-14-11-15(5-6-16(14)21)20-8-3-4-9-20/h5-6,11H,3-4,7-10H2,1-2H3,(H,18,19). The fourth-order valence-corrected chi connectivity index (χ4v) is 5.65. The highest BCUT2D eigenvalue weighted by Crippen LogP contribution is 2.37. The molecule has 2 aliphatic heterocycles. The molecule has 0 spiro atoms. The van der Waals surface area contributed by atoms with Crippen LogP contribution in [0.4, 0.5) is 11.4 Å². The number of aromatic amines is 1. The minimum atomic E-state index is -3.58. The maximum atomic E-state index is 13.1. The quantitative estimate of drug-likeness (QED) is 0.926. The fraction of sp³-hybridized carbons (Fsp3) is 0.471. The van der Waals surface area contributed by atoms with Gasteiger partial charge in [0.15, 0.2) is 0 Å². The van der Waals surface area contributed by atoms with E-state index in [1.54, 1.807) is 13.8 Å². The number of anilines is 2. The van der Waals surface area contributed by atoms with Crippen molar-refractivity contribution in [3.8, 4) is 0 Å². The number of aryl methyl sites for hydroxylation is 2. The molecule has 0 radical (unpaired) electrons. The SMILES string of the molecule is Cc1n[nH]c(C)c1S(=O)(=O)N1CCc2cc(N3CCCC3)ccc21. The predicted molar refractivity (Wildman–Crippen MR) is 94.2 cm³/mol. The zero-order valence-corrected chi connectivity index (χ0v) is 14.9. The molecule has 128 valence electrons. The molecule has 1 aromatic carbocycles. The van der Waals surface area contributed by atoms with E-state index in [0.717, 1.165) is 30.8 Å². The van der Waals surface area contributed by atoms with Crippen LogP contribution in [0.3, 0.4) is 0 Å². The van der Waals surface area contributed by atoms with Crippen molar-refractivity contribution in [2.45, 2.75) is 38.0 Å². The lowest BCUT2D eigenvalue weighted by Crippen LogP contribution is -2.29. The number of nitrogens with zero attached hydrogens (tertiary/aromatic N) is 3. The van der Waals surface area contributed by atoms with Gasteiger partial charge in [-0.25, -0.2) is 8.42 Å². The molecule has 4 rings (SSSR count). The lowest BCUT2D eigenvalue weighted by atomic mass is 10.1. The van der Waals surface area contributed by atoms with Gasteiger partial charge in [-0.15, -0.1) is 0 Å². The van der Waals surface area contributed by atoms with Crippen LogP contribution in [-0.2, 0) is 16.4 Å². The predicted octanol–water partition coefficient (Wildman–Crippen LogP) is 2.38. The van der Waals surface area contributed by atoms with Gasteiger partial charge in [0, 0.05) is 25.3 Å². The second-order valence-corrected chi connectivity index (χ2v) is 8.40. The second kappa shape index (κ2) is 5.51. The van der Waals surface area contributed by atoms with Gasteiger partial charge >= 0.3 is 0 Å². The lowest BCUT2D eigenvalue weighted by Gasteiger charge is -2.22. The summed E-state index contributed by atoms with van der Waals surface area (Å²) in [4.78, 5) is 2.68. The van der Waals surface area contributed by atoms with Crippen LogP contribution < -0.4 is 9.21 Å². The molecule has 6 nitrogen and oxygen atoms in total. The Morgan fingerprint density at radius 3 is 2.54 bits per heavy atom. The summed E-state index contributed by atoms with van der Waals surface area (Å²) in [7, 11) is -3.58. The second-order valence-electron chi connectivity index (χ2n) is 6.60. The van der Waals surface area contributed by atoms with Gasteiger partial charge in [0.2, 0.25) is 0 Å². The molecule has 1 fully saturated rings. The summed E-state index contributed by atoms with van der Waals surface area (Å²) in [5.74, 6) is 0. The number of fused-ring (bicyclic) bond motifs is 1. The van der Waals surface area contributed by atoms with Crippen LogP contribution in [0.5, 0.6) is 0 Å². The highest BCUT2D eigenvalue weighted by atomic mass is 32.2. The largest absolute Gasteiger partial charge is 0.372 e. The summed E-state index contributed by atoms with van der Waals surface area (Å²) in [6.45, 7) is 6.15. The Bertz CT molecular complexity index is 862. The van der Waals surface area contributed by atoms with Gasteiger partial charge in [0.25, 0.3) is 10.0 Å². The van der Waals surface area contributed by atoms with Crippen LogP contribution in [0.25, 0.3) is 0 Å². The highest BCUT2D eigenvalue weighted by molar-refractivity contribution is 7.93. The Hall–Kier alpha value is -2.02. The molecule has 1 aromatic heterocycles. The molecule has 0 aliphatic carbocycles. The average molecular weight is 346 g/mol. The van der Waals surface area contributed by atoms with Gasteiger partial charge in [-0.1, -0.05) is 0 Å². The number of H-pyrrole nitrogens is 1. The number of rotatable bonds is 3. The van der Waals surface area contributed by atoms with E-state index in [1.807, 2.05) is 12.1 Å². The van der Waals surface area contributed by atoms with Crippen molar-refractivity contribution in [2.75, 3.05) is 28.8 Å². The highest BCUT2D eigenvalue weighted by Gasteiger charge is 2.34. The van der Waals surface area contributed by atoms with Gasteiger partial charge < -0.3 is 4.90 Å². The Morgan fingerprint density at radius 2 is 1.88 bits per heavy atom. The normalized spacial score (nSPS) is 17.6. The van der Waals surface area contributed by atoms with Crippen molar-refractivity contribution in [1.82, 2.24) is 10.2 Å². The van der Waals surface area contributed by atoms with E-state index in [1.165, 1.54) is 22.8 Å². The third-order valence-corrected chi connectivity index (χ3v) is 7.07. The van der Waals surface area contributed by atoms with E-state index in [2.05, 4.69) is 21.2 Å². The van der Waals surface area contributed by atoms with Crippen LogP contribution in [0.1, 0.15) is 29.8 Å². The first kappa shape index (κ1) is 15.5. The topological polar surface area (TPSA) is 69.3 Å². The number of nitrogens with one attached hydrogen (secondary N) is 1. The van der Waals surface area contributed by atoms with Gasteiger partial charge in [-0.2, -0.15) is 5.10 Å². The fourth-order valence-electron chi connectivity index (χ4n) is 3.81. The molecule has 0 bridgehead atoms. The molecular formula is C17H22N4O2S. The van der Waals surface area contributed by atoms with Crippen molar-refractivity contribution >= 4 is 21.4 Å². The lowest BCUT2D eigenvalue weighted by molar-refractivity contribution is 0.591. The van der Waals surface area contributed by atoms with Crippen molar-refractivity contribution < 1.29 is 8.42 Å². The third kappa shape index (κ3) is 2.30. The summed E-state index contributed by atoms with van der Waals surface area (Å²) in [6, 6.07) is 6.16. The molecular weight excluding hydrogens is 324 g/mol. The van der Waals surface area contributed by atoms with Crippen LogP contribution in [0.15, 0.2) is 23.1 Å². The Kier molecular flexibility index (Phi) is 3.56. The maximum Gasteiger partial charge on any atom is 0.268 e. The third-order valence-electron chi connectivity index (χ3n) is 5.00. The van der Waals surface area contributed by atoms with Gasteiger partial charge in [0.05, 0.1) is 17.1 Å². The van der Waals surface area contributed by atoms with Gasteiger partial charge in [-0.3, -0.25) is 9.40 Å². The van der Waals surface area contributed by atoms with Crippen molar-refractivity contribution in [1.29, 1.82) is 0 Å². The molecule has 3 heterocycles. The first-order valence-electron chi connectivity index (χ1n) is 8.40. The van der Waals surface area contributed by atoms with Crippen LogP contribution in [-0.4, -0.2) is 38.2 Å². The van der Waals surface area contributed by atoms with E-state index in [0.29, 0.717) is 22.8 Å². The summed E-state index contributed by atoms with van der Waals surface area (Å²) in [6.07, 6.45) is 3.22. The van der Waals surface area contributed by atoms with Crippen molar-refractivity contribution in [2.24, 2.45) is 0 Å². The number of hydrogen-bond acceptors (Lipinski definition) is 4. The Labute approximate surface area is 142 Å². The van der Waals surface area contributed by atoms with E-state index >= 15 is 0 Å². The molecule has 0 amide bonds. The smallest absolute Gasteiger partial charge is 0.268 e. The molecule has 1 saturated heterocycles. The molecule has 0 unspecified atom stereocenters. The Morgan fingerprint density at radius 1 is 1.12 bits per heavy atom. The van der Waals surface area contributed by atoms with E-state index in [4.69, 9.17) is 0 Å². The maximum absolute atomic E-state index is 13.1. The number of benzene rings is 1. The molecule has 24 heavy (non-hydrogen) atoms. The van der Waals surface area contributed by atoms with Crippen molar-refractivity contribution in [3.63, 3.8) is 0 Å². The number of hydrogen-bond donors (Lipinski definition) is 1. The monoisotopic (exact) mass is 346 g/mol. The van der Waals surface area contributed by atoms with Gasteiger partial charge in [0.1, 0.15) is 4.90 Å². The van der Waals surface area contributed by atoms with Crippen LogP contribution >= 0.6 is 0 Å². The van der Waals surface area contributed by atoms with E-state index < -0.39 is 10.0 Å². The van der Waals surface area contributed by atoms with Crippen molar-refractivity contribution in [3.05, 3.63) is 35.2 Å². The number of aromatic nitrogens is 2. The number of sulfonamides is 1. The van der Waals surface area contributed by atoms with Gasteiger partial charge in [-0.05, 0) is 56.9 Å². The summed E-state index contributed by atoms with van der Waals surface area (Å²) in [5.41, 5.74) is 4.24. The zero-order valence-electron chi connectivity index (χ0n) is 14.0. The molecule has 0 saturated carbocycles. The molecule has 2 aliphatic rings. The minimum absolute atomic E-state index is 0.305. The summed E-state index contributed by atoms with van der Waals surface area (Å²) >= 11 is 0. The van der Waals surface area contributed by atoms with E-state index in [-0.39, 0.29) is 0 Å². The van der Waals surface area contributed by atoms with Crippen LogP contribution in [0.2, 0.25) is 0 Å². The minimum Gasteiger partial charge on any atom is -0.372 e. The molecule has 7 heteroatoms. The average Bonchev–Trinajstić information content (AvgIpc) is 3.26. The molecule has 0 atom stereocenters. The first-order valence-corrected chi connectivity index (χ1v) is 9.84. The summed E-state index contributed by atoms with van der Waals surface area (Å²) < 4.78 is 27.7. The van der Waals surface area contributed by atoms with Crippen LogP contribution in [0, 0.1) is 13.8 Å². The molecule has 2 aromatic rings. The summed E-state index contributed by atoms with van der Waals surface area (Å²) in [5, 5.41) is 6.81. The molecule has 1 N–H and O–H groups in total. The van der Waals surface area contributed by atoms with E-state index in [9.17, 15) is 8.42 Å². The Balaban J connectivity index is 1.71. The first-order chi connectivity index (χ1) is 11.5.